The van der Waals surface area contributed by atoms with Crippen molar-refractivity contribution in [2.24, 2.45) is 15.3 Å². The number of aromatic nitrogens is 12. The zero-order valence-electron chi connectivity index (χ0n) is 24.6. The second-order valence-corrected chi connectivity index (χ2v) is 9.46. The van der Waals surface area contributed by atoms with Crippen LogP contribution < -0.4 is 14.2 Å². The summed E-state index contributed by atoms with van der Waals surface area (Å²) in [5.41, 5.74) is 2.47. The van der Waals surface area contributed by atoms with Crippen molar-refractivity contribution in [2.75, 3.05) is 0 Å². The van der Waals surface area contributed by atoms with E-state index in [1.54, 1.807) is 55.0 Å². The van der Waals surface area contributed by atoms with Crippen molar-refractivity contribution in [2.45, 2.75) is 0 Å². The van der Waals surface area contributed by atoms with Crippen molar-refractivity contribution >= 4 is 18.6 Å². The lowest BCUT2D eigenvalue weighted by atomic mass is 10.2. The summed E-state index contributed by atoms with van der Waals surface area (Å²) in [4.78, 5) is 13.0. The summed E-state index contributed by atoms with van der Waals surface area (Å²) in [6.45, 7) is 0. The number of hydrogen-bond acceptors (Lipinski definition) is 15. The molecule has 18 heteroatoms. The van der Waals surface area contributed by atoms with E-state index >= 15 is 0 Å². The molecule has 7 aromatic rings. The fraction of sp³-hybridized carbons (Fsp3) is 0. The summed E-state index contributed by atoms with van der Waals surface area (Å²) >= 11 is 0. The standard InChI is InChI=1S/C30H21N15O3/c1-7-25(8-2-22(1)13-37-43-16-31-32-17-43)46-28-40-29(47-26-9-3-23(4-10-26)14-38-44-18-33-34-19-44)42-30(41-28)48-27-11-5-24(6-12-27)15-39-45-20-35-36-21-45/h1-21H/b37-13+,38-14+,39-15+. The Morgan fingerprint density at radius 1 is 0.375 bits per heavy atom. The number of benzene rings is 3. The highest BCUT2D eigenvalue weighted by molar-refractivity contribution is 5.80. The van der Waals surface area contributed by atoms with E-state index in [0.29, 0.717) is 17.2 Å². The molecule has 0 spiro atoms. The van der Waals surface area contributed by atoms with Gasteiger partial charge >= 0.3 is 18.0 Å². The Hall–Kier alpha value is -7.50. The zero-order chi connectivity index (χ0) is 32.4. The fourth-order valence-electron chi connectivity index (χ4n) is 3.80. The molecule has 0 radical (unpaired) electrons. The van der Waals surface area contributed by atoms with Crippen LogP contribution in [0.3, 0.4) is 0 Å². The summed E-state index contributed by atoms with van der Waals surface area (Å²) in [6.07, 6.45) is 13.9. The highest BCUT2D eigenvalue weighted by Crippen LogP contribution is 2.27. The predicted molar refractivity (Wildman–Crippen MR) is 168 cm³/mol. The summed E-state index contributed by atoms with van der Waals surface area (Å²) in [5.74, 6) is 1.40. The van der Waals surface area contributed by atoms with Crippen LogP contribution in [0.4, 0.5) is 0 Å². The van der Waals surface area contributed by atoms with E-state index in [1.807, 2.05) is 36.4 Å². The average Bonchev–Trinajstić information content (AvgIpc) is 3.93. The molecule has 0 bridgehead atoms. The van der Waals surface area contributed by atoms with Crippen LogP contribution >= 0.6 is 0 Å². The van der Waals surface area contributed by atoms with Crippen LogP contribution in [0, 0.1) is 0 Å². The Bertz CT molecular complexity index is 1870. The first-order valence-electron chi connectivity index (χ1n) is 14.0. The Morgan fingerprint density at radius 3 is 0.875 bits per heavy atom. The minimum absolute atomic E-state index is 0.0451. The Kier molecular flexibility index (Phi) is 8.57. The molecule has 0 unspecified atom stereocenters. The lowest BCUT2D eigenvalue weighted by Gasteiger charge is -2.10. The largest absolute Gasteiger partial charge is 0.424 e. The van der Waals surface area contributed by atoms with Gasteiger partial charge in [0.05, 0.1) is 18.6 Å². The summed E-state index contributed by atoms with van der Waals surface area (Å²) < 4.78 is 22.3. The first-order valence-corrected chi connectivity index (χ1v) is 14.0. The van der Waals surface area contributed by atoms with E-state index in [4.69, 9.17) is 14.2 Å². The van der Waals surface area contributed by atoms with Gasteiger partial charge in [-0.2, -0.15) is 15.3 Å². The van der Waals surface area contributed by atoms with Crippen molar-refractivity contribution < 1.29 is 14.2 Å². The van der Waals surface area contributed by atoms with E-state index in [9.17, 15) is 0 Å². The van der Waals surface area contributed by atoms with Crippen LogP contribution in [0.15, 0.2) is 126 Å². The number of ether oxygens (including phenoxy) is 3. The third kappa shape index (κ3) is 7.95. The maximum Gasteiger partial charge on any atom is 0.331 e. The van der Waals surface area contributed by atoms with Gasteiger partial charge in [0.1, 0.15) is 55.2 Å². The molecule has 0 fully saturated rings. The molecule has 18 nitrogen and oxygen atoms in total. The SMILES string of the molecule is C(=N\n1cnnc1)/c1ccc(Oc2nc(Oc3ccc(/C=N/n4cnnc4)cc3)nc(Oc3ccc(/C=N/n4cnnc4)cc3)n2)cc1. The Labute approximate surface area is 270 Å². The van der Waals surface area contributed by atoms with Gasteiger partial charge in [-0.1, -0.05) is 0 Å². The van der Waals surface area contributed by atoms with Crippen molar-refractivity contribution in [3.8, 4) is 35.3 Å². The van der Waals surface area contributed by atoms with Crippen LogP contribution in [0.1, 0.15) is 16.7 Å². The van der Waals surface area contributed by atoms with Crippen LogP contribution in [0.25, 0.3) is 0 Å². The minimum Gasteiger partial charge on any atom is -0.424 e. The molecule has 0 atom stereocenters. The van der Waals surface area contributed by atoms with Crippen molar-refractivity contribution in [3.05, 3.63) is 127 Å². The molecule has 48 heavy (non-hydrogen) atoms. The molecular formula is C30H21N15O3. The summed E-state index contributed by atoms with van der Waals surface area (Å²) in [5, 5.41) is 35.1. The molecule has 0 aliphatic carbocycles. The molecule has 7 rings (SSSR count). The van der Waals surface area contributed by atoms with Gasteiger partial charge in [0, 0.05) is 0 Å². The monoisotopic (exact) mass is 639 g/mol. The van der Waals surface area contributed by atoms with E-state index in [-0.39, 0.29) is 18.0 Å². The van der Waals surface area contributed by atoms with Gasteiger partial charge in [-0.05, 0) is 89.5 Å². The topological polar surface area (TPSA) is 196 Å². The van der Waals surface area contributed by atoms with Gasteiger partial charge in [0.15, 0.2) is 0 Å². The lowest BCUT2D eigenvalue weighted by Crippen LogP contribution is -2.01. The second kappa shape index (κ2) is 14.1. The lowest BCUT2D eigenvalue weighted by molar-refractivity contribution is 0.362. The van der Waals surface area contributed by atoms with Gasteiger partial charge in [-0.15, -0.1) is 45.5 Å². The third-order valence-electron chi connectivity index (χ3n) is 6.08. The number of nitrogens with zero attached hydrogens (tertiary/aromatic N) is 15. The first-order chi connectivity index (χ1) is 23.7. The van der Waals surface area contributed by atoms with E-state index in [2.05, 4.69) is 60.8 Å². The Morgan fingerprint density at radius 2 is 0.625 bits per heavy atom. The normalized spacial score (nSPS) is 11.5. The number of hydrogen-bond donors (Lipinski definition) is 0. The molecule has 4 heterocycles. The smallest absolute Gasteiger partial charge is 0.331 e. The molecule has 0 saturated heterocycles. The fourth-order valence-corrected chi connectivity index (χ4v) is 3.80. The Balaban J connectivity index is 1.09. The van der Waals surface area contributed by atoms with Crippen LogP contribution in [-0.2, 0) is 0 Å². The highest BCUT2D eigenvalue weighted by atomic mass is 16.5. The van der Waals surface area contributed by atoms with Crippen molar-refractivity contribution in [1.82, 2.24) is 59.6 Å². The van der Waals surface area contributed by atoms with Crippen LogP contribution in [0.2, 0.25) is 0 Å². The van der Waals surface area contributed by atoms with E-state index < -0.39 is 0 Å². The summed E-state index contributed by atoms with van der Waals surface area (Å²) in [6, 6.07) is 21.3. The van der Waals surface area contributed by atoms with Gasteiger partial charge < -0.3 is 14.2 Å². The number of rotatable bonds is 12. The van der Waals surface area contributed by atoms with E-state index in [0.717, 1.165) is 16.7 Å². The minimum atomic E-state index is -0.0451. The van der Waals surface area contributed by atoms with Crippen LogP contribution in [0.5, 0.6) is 35.3 Å². The molecular weight excluding hydrogens is 618 g/mol. The average molecular weight is 640 g/mol. The first kappa shape index (κ1) is 29.2. The molecule has 0 N–H and O–H groups in total. The molecule has 0 saturated carbocycles. The van der Waals surface area contributed by atoms with Crippen molar-refractivity contribution in [3.63, 3.8) is 0 Å². The van der Waals surface area contributed by atoms with Gasteiger partial charge in [-0.25, -0.2) is 14.0 Å². The second-order valence-electron chi connectivity index (χ2n) is 9.46. The maximum absolute atomic E-state index is 5.96. The molecule has 4 aromatic heterocycles. The van der Waals surface area contributed by atoms with Crippen molar-refractivity contribution in [1.29, 1.82) is 0 Å². The van der Waals surface area contributed by atoms with Gasteiger partial charge in [0.25, 0.3) is 0 Å². The zero-order valence-corrected chi connectivity index (χ0v) is 24.6. The van der Waals surface area contributed by atoms with E-state index in [1.165, 1.54) is 52.0 Å². The van der Waals surface area contributed by atoms with Gasteiger partial charge in [-0.3, -0.25) is 0 Å². The molecule has 234 valence electrons. The quantitative estimate of drug-likeness (QED) is 0.176. The predicted octanol–water partition coefficient (Wildman–Crippen LogP) is 3.67. The molecule has 3 aromatic carbocycles. The highest BCUT2D eigenvalue weighted by Gasteiger charge is 2.13. The summed E-state index contributed by atoms with van der Waals surface area (Å²) in [7, 11) is 0. The molecule has 0 amide bonds. The van der Waals surface area contributed by atoms with Gasteiger partial charge in [0.2, 0.25) is 0 Å². The third-order valence-corrected chi connectivity index (χ3v) is 6.08. The maximum atomic E-state index is 5.96. The molecule has 0 aliphatic heterocycles. The van der Waals surface area contributed by atoms with Crippen LogP contribution in [-0.4, -0.2) is 78.2 Å². The molecule has 0 aliphatic rings.